The molecule has 2 aromatic carbocycles. The first-order valence-electron chi connectivity index (χ1n) is 20.1. The summed E-state index contributed by atoms with van der Waals surface area (Å²) in [5.41, 5.74) is 3.47. The molecule has 3 atom stereocenters. The van der Waals surface area contributed by atoms with Crippen LogP contribution in [0.2, 0.25) is 0 Å². The first-order valence-corrected chi connectivity index (χ1v) is 26.2. The monoisotopic (exact) mass is 1030 g/mol. The molecule has 5 rings (SSSR count). The number of rotatable bonds is 22. The van der Waals surface area contributed by atoms with Gasteiger partial charge in [-0.15, -0.1) is 5.06 Å². The van der Waals surface area contributed by atoms with E-state index in [4.69, 9.17) is 4.84 Å². The van der Waals surface area contributed by atoms with Crippen molar-refractivity contribution in [2.45, 2.75) is 119 Å². The van der Waals surface area contributed by atoms with Crippen LogP contribution < -0.4 is 112 Å². The van der Waals surface area contributed by atoms with Crippen LogP contribution in [0.15, 0.2) is 70.6 Å². The number of hydrogen-bond donors (Lipinski definition) is 0. The molecule has 2 aliphatic rings. The third-order valence-electron chi connectivity index (χ3n) is 10.7. The zero-order chi connectivity index (χ0) is 45.4. The molecule has 1 saturated heterocycles. The van der Waals surface area contributed by atoms with Crippen LogP contribution in [-0.4, -0.2) is 84.1 Å². The Morgan fingerprint density at radius 3 is 1.97 bits per heavy atom. The molecule has 0 saturated carbocycles. The normalized spacial score (nSPS) is 16.7. The Balaban J connectivity index is 0.00000544. The Morgan fingerprint density at radius 1 is 0.781 bits per heavy atom. The average molecular weight is 1030 g/mol. The van der Waals surface area contributed by atoms with Crippen LogP contribution in [0.25, 0.3) is 16.3 Å². The number of thiazole rings is 1. The molecule has 1 aromatic heterocycles. The van der Waals surface area contributed by atoms with Gasteiger partial charge in [0.1, 0.15) is 4.70 Å². The van der Waals surface area contributed by atoms with Gasteiger partial charge in [0.05, 0.1) is 41.1 Å². The number of hydroxylamine groups is 2. The van der Waals surface area contributed by atoms with Crippen molar-refractivity contribution in [2.75, 3.05) is 11.4 Å². The van der Waals surface area contributed by atoms with Crippen molar-refractivity contribution < 1.29 is 165 Å². The molecule has 0 aliphatic carbocycles. The van der Waals surface area contributed by atoms with Crippen molar-refractivity contribution in [3.8, 4) is 0 Å². The molecule has 3 heterocycles. The number of aryl methyl sites for hydroxylation is 3. The molecule has 64 heavy (non-hydrogen) atoms. The summed E-state index contributed by atoms with van der Waals surface area (Å²) in [5.74, 6) is -1.72. The van der Waals surface area contributed by atoms with Crippen LogP contribution in [0.5, 0.6) is 0 Å². The van der Waals surface area contributed by atoms with Gasteiger partial charge in [-0.25, -0.2) is 30.0 Å². The van der Waals surface area contributed by atoms with E-state index in [0.29, 0.717) is 43.7 Å². The van der Waals surface area contributed by atoms with Crippen molar-refractivity contribution in [2.24, 2.45) is 0 Å². The predicted molar refractivity (Wildman–Crippen MR) is 232 cm³/mol. The van der Waals surface area contributed by atoms with Gasteiger partial charge < -0.3 is 23.4 Å². The van der Waals surface area contributed by atoms with Gasteiger partial charge in [-0.1, -0.05) is 53.5 Å². The van der Waals surface area contributed by atoms with Gasteiger partial charge in [0.25, 0.3) is 16.8 Å². The third kappa shape index (κ3) is 16.8. The van der Waals surface area contributed by atoms with E-state index in [1.54, 1.807) is 0 Å². The van der Waals surface area contributed by atoms with Crippen molar-refractivity contribution in [1.29, 1.82) is 0 Å². The third-order valence-corrected chi connectivity index (χ3v) is 16.6. The number of anilines is 1. The molecule has 3 aromatic rings. The van der Waals surface area contributed by atoms with Crippen molar-refractivity contribution in [3.05, 3.63) is 81.9 Å². The number of hydrogen-bond acceptors (Lipinski definition) is 16. The molecule has 16 nitrogen and oxygen atoms in total. The van der Waals surface area contributed by atoms with Gasteiger partial charge in [0.2, 0.25) is 5.52 Å². The molecule has 0 radical (unpaired) electrons. The summed E-state index contributed by atoms with van der Waals surface area (Å²) < 4.78 is 107. The Kier molecular flexibility index (Phi) is 23.2. The zero-order valence-corrected chi connectivity index (χ0v) is 46.8. The number of allylic oxidation sites excluding steroid dienone is 4. The second-order valence-electron chi connectivity index (χ2n) is 15.3. The number of aromatic nitrogens is 1. The fourth-order valence-corrected chi connectivity index (χ4v) is 10.2. The molecule has 2 aliphatic heterocycles. The van der Waals surface area contributed by atoms with Gasteiger partial charge in [-0.2, -0.15) is 4.57 Å². The van der Waals surface area contributed by atoms with Gasteiger partial charge in [-0.05, 0) is 101 Å². The number of nitrogens with zero attached hydrogens (tertiary/aromatic N) is 3. The van der Waals surface area contributed by atoms with Crippen LogP contribution in [0.4, 0.5) is 5.69 Å². The number of amides is 2. The first kappa shape index (κ1) is 57.6. The van der Waals surface area contributed by atoms with Crippen LogP contribution >= 0.6 is 23.1 Å². The van der Waals surface area contributed by atoms with Crippen molar-refractivity contribution in [3.63, 3.8) is 0 Å². The van der Waals surface area contributed by atoms with Crippen LogP contribution in [0.3, 0.4) is 0 Å². The quantitative estimate of drug-likeness (QED) is 0.0306. The topological polar surface area (TPSA) is 242 Å². The fraction of sp³-hybridized carbons (Fsp3) is 0.463. The van der Waals surface area contributed by atoms with E-state index in [2.05, 4.69) is 4.57 Å². The number of thioether (sulfide) groups is 1. The summed E-state index contributed by atoms with van der Waals surface area (Å²) in [4.78, 5) is 43.6. The Bertz CT molecular complexity index is 2580. The maximum Gasteiger partial charge on any atom is 1.00 e. The minimum atomic E-state index is -4.50. The number of benzene rings is 2. The Morgan fingerprint density at radius 2 is 1.36 bits per heavy atom. The molecular formula is C41H49K2N3O13S5. The molecule has 23 heteroatoms. The number of carbonyl (C=O) groups is 3. The maximum absolute atomic E-state index is 12.3. The van der Waals surface area contributed by atoms with E-state index in [0.717, 1.165) is 42.0 Å². The van der Waals surface area contributed by atoms with Gasteiger partial charge >= 0.3 is 109 Å². The van der Waals surface area contributed by atoms with E-state index < -0.39 is 63.9 Å². The van der Waals surface area contributed by atoms with Gasteiger partial charge in [-0.3, -0.25) is 9.59 Å². The molecule has 3 unspecified atom stereocenters. The molecule has 0 bridgehead atoms. The summed E-state index contributed by atoms with van der Waals surface area (Å²) >= 11 is 2.96. The molecule has 338 valence electrons. The van der Waals surface area contributed by atoms with Gasteiger partial charge in [0.15, 0.2) is 6.54 Å². The summed E-state index contributed by atoms with van der Waals surface area (Å²) in [5, 5.41) is -0.951. The minimum absolute atomic E-state index is 0. The summed E-state index contributed by atoms with van der Waals surface area (Å²) in [6.45, 7) is 4.99. The number of imide groups is 1. The van der Waals surface area contributed by atoms with Crippen molar-refractivity contribution >= 4 is 93.2 Å². The van der Waals surface area contributed by atoms with Crippen LogP contribution in [0.1, 0.15) is 94.7 Å². The summed E-state index contributed by atoms with van der Waals surface area (Å²) in [7, 11) is -13.3. The largest absolute Gasteiger partial charge is 1.00 e. The zero-order valence-electron chi connectivity index (χ0n) is 36.5. The molecule has 0 spiro atoms. The predicted octanol–water partition coefficient (Wildman–Crippen LogP) is -0.556. The summed E-state index contributed by atoms with van der Waals surface area (Å²) in [6, 6.07) is 11.5. The second-order valence-corrected chi connectivity index (χ2v) is 22.8. The maximum atomic E-state index is 12.3. The first-order chi connectivity index (χ1) is 29.1. The SMILES string of the molecule is CC(CCc1ccc2c(c1)S\C(=C/C=C/C=C/c1sc3cc(CCC(C)S(=O)(=O)[O-])ccc3[n+]1CCCCCC(=O)ON1C(=O)CCC1=O)N2CCC(C)S(=O)(=O)[O-])S(=O)(=O)[O-].[K+].[K+]. The van der Waals surface area contributed by atoms with Crippen LogP contribution in [0, 0.1) is 0 Å². The van der Waals surface area contributed by atoms with E-state index in [9.17, 15) is 53.3 Å². The van der Waals surface area contributed by atoms with Gasteiger partial charge in [0, 0.05) is 65.0 Å². The fourth-order valence-electron chi connectivity index (χ4n) is 6.66. The molecule has 2 amide bonds. The second kappa shape index (κ2) is 25.8. The van der Waals surface area contributed by atoms with E-state index in [1.807, 2.05) is 71.7 Å². The van der Waals surface area contributed by atoms with Crippen molar-refractivity contribution in [1.82, 2.24) is 5.06 Å². The van der Waals surface area contributed by atoms with E-state index in [-0.39, 0.29) is 148 Å². The standard InChI is InChI=1S/C41H51N3O13S5.2K/c1-28(60(48,49)50)13-15-31-17-19-33-35(26-31)58-39(42(33)24-9-5-8-12-41(47)57-44-37(45)21-22-38(44)46)10-6-4-7-11-40-43(25-23-30(3)62(54,55)56)34-20-18-32(27-36(34)59-40)16-14-29(2)61(51,52)53;;/h4,6-7,10-11,17-20,26-30H,5,8-9,12-16,21-25H2,1-3H3,(H2-,48,49,50,51,52,53,54,55,56);;/q;2*+1/p-2. The van der Waals surface area contributed by atoms with E-state index in [1.165, 1.54) is 43.9 Å². The molecule has 1 fully saturated rings. The molecular weight excluding hydrogens is 981 g/mol. The Hall–Kier alpha value is -0.687. The Labute approximate surface area is 468 Å². The average Bonchev–Trinajstić information content (AvgIpc) is 3.84. The number of fused-ring (bicyclic) bond motifs is 2. The molecule has 0 N–H and O–H groups in total. The summed E-state index contributed by atoms with van der Waals surface area (Å²) in [6.07, 6.45) is 12.4. The van der Waals surface area contributed by atoms with E-state index >= 15 is 0 Å². The minimum Gasteiger partial charge on any atom is -0.748 e. The smallest absolute Gasteiger partial charge is 0.748 e. The van der Waals surface area contributed by atoms with Crippen LogP contribution in [-0.2, 0) is 69.0 Å². The number of carbonyl (C=O) groups excluding carboxylic acids is 3. The number of unbranched alkanes of at least 4 members (excludes halogenated alkanes) is 2.